The van der Waals surface area contributed by atoms with Crippen LogP contribution in [-0.4, -0.2) is 12.0 Å². The summed E-state index contributed by atoms with van der Waals surface area (Å²) < 4.78 is 11.7. The van der Waals surface area contributed by atoms with Crippen LogP contribution >= 0.6 is 0 Å². The standard InChI is InChI=1S/C30H24N2O4/c1-3-7-26-14-22(15-27(19-31)25-13-12-23-9-4-5-10-24(23)18-25)17-29(35-2)30(26)36-20-21-8-6-11-28(16-21)32(33)34/h3-6,8-18H,1,7,20H2,2H3/b27-15-. The summed E-state index contributed by atoms with van der Waals surface area (Å²) in [5, 5.41) is 23.2. The molecule has 178 valence electrons. The lowest BCUT2D eigenvalue weighted by molar-refractivity contribution is -0.384. The second-order valence-electron chi connectivity index (χ2n) is 8.15. The van der Waals surface area contributed by atoms with Gasteiger partial charge in [-0.05, 0) is 58.2 Å². The van der Waals surface area contributed by atoms with Gasteiger partial charge in [0, 0.05) is 17.7 Å². The number of nitro groups is 1. The van der Waals surface area contributed by atoms with Gasteiger partial charge < -0.3 is 9.47 Å². The molecule has 4 aromatic carbocycles. The van der Waals surface area contributed by atoms with Crippen LogP contribution in [0.3, 0.4) is 0 Å². The van der Waals surface area contributed by atoms with Crippen LogP contribution < -0.4 is 9.47 Å². The fraction of sp³-hybridized carbons (Fsp3) is 0.100. The van der Waals surface area contributed by atoms with Crippen molar-refractivity contribution in [3.63, 3.8) is 0 Å². The molecule has 0 N–H and O–H groups in total. The molecule has 0 atom stereocenters. The van der Waals surface area contributed by atoms with E-state index in [1.807, 2.05) is 60.7 Å². The summed E-state index contributed by atoms with van der Waals surface area (Å²) >= 11 is 0. The van der Waals surface area contributed by atoms with E-state index >= 15 is 0 Å². The van der Waals surface area contributed by atoms with Crippen molar-refractivity contribution < 1.29 is 14.4 Å². The fourth-order valence-electron chi connectivity index (χ4n) is 4.01. The van der Waals surface area contributed by atoms with Gasteiger partial charge in [0.15, 0.2) is 11.5 Å². The molecule has 0 aliphatic rings. The Balaban J connectivity index is 1.69. The Hall–Kier alpha value is -4.89. The molecule has 36 heavy (non-hydrogen) atoms. The first-order valence-corrected chi connectivity index (χ1v) is 11.3. The minimum Gasteiger partial charge on any atom is -0.493 e. The van der Waals surface area contributed by atoms with E-state index in [9.17, 15) is 15.4 Å². The smallest absolute Gasteiger partial charge is 0.269 e. The van der Waals surface area contributed by atoms with Crippen molar-refractivity contribution in [1.29, 1.82) is 5.26 Å². The highest BCUT2D eigenvalue weighted by molar-refractivity contribution is 5.94. The molecule has 0 fully saturated rings. The highest BCUT2D eigenvalue weighted by Gasteiger charge is 2.14. The first-order chi connectivity index (χ1) is 17.5. The summed E-state index contributed by atoms with van der Waals surface area (Å²) in [6.07, 6.45) is 4.10. The molecular formula is C30H24N2O4. The number of allylic oxidation sites excluding steroid dienone is 2. The van der Waals surface area contributed by atoms with Crippen molar-refractivity contribution in [3.05, 3.63) is 124 Å². The third kappa shape index (κ3) is 5.43. The van der Waals surface area contributed by atoms with Crippen LogP contribution in [0.5, 0.6) is 11.5 Å². The van der Waals surface area contributed by atoms with Gasteiger partial charge in [-0.25, -0.2) is 0 Å². The van der Waals surface area contributed by atoms with Crippen LogP contribution in [0, 0.1) is 21.4 Å². The van der Waals surface area contributed by atoms with Crippen LogP contribution in [0.15, 0.2) is 91.5 Å². The third-order valence-electron chi connectivity index (χ3n) is 5.73. The number of hydrogen-bond donors (Lipinski definition) is 0. The number of rotatable bonds is 9. The summed E-state index contributed by atoms with van der Waals surface area (Å²) in [6.45, 7) is 3.98. The molecule has 0 unspecified atom stereocenters. The molecule has 4 rings (SSSR count). The zero-order chi connectivity index (χ0) is 25.5. The topological polar surface area (TPSA) is 85.4 Å². The Bertz CT molecular complexity index is 1520. The minimum absolute atomic E-state index is 0.00703. The highest BCUT2D eigenvalue weighted by atomic mass is 16.6. The van der Waals surface area contributed by atoms with Gasteiger partial charge in [0.05, 0.1) is 23.7 Å². The van der Waals surface area contributed by atoms with E-state index in [0.29, 0.717) is 29.1 Å². The van der Waals surface area contributed by atoms with E-state index in [2.05, 4.69) is 12.6 Å². The highest BCUT2D eigenvalue weighted by Crippen LogP contribution is 2.36. The van der Waals surface area contributed by atoms with E-state index in [0.717, 1.165) is 27.5 Å². The molecule has 0 saturated heterocycles. The van der Waals surface area contributed by atoms with Gasteiger partial charge in [-0.15, -0.1) is 6.58 Å². The maximum absolute atomic E-state index is 11.1. The maximum Gasteiger partial charge on any atom is 0.269 e. The molecule has 0 aliphatic carbocycles. The summed E-state index contributed by atoms with van der Waals surface area (Å²) in [6, 6.07) is 26.3. The Morgan fingerprint density at radius 3 is 2.58 bits per heavy atom. The van der Waals surface area contributed by atoms with Gasteiger partial charge in [-0.3, -0.25) is 10.1 Å². The van der Waals surface area contributed by atoms with Crippen molar-refractivity contribution in [2.45, 2.75) is 13.0 Å². The fourth-order valence-corrected chi connectivity index (χ4v) is 4.01. The number of ether oxygens (including phenoxy) is 2. The lowest BCUT2D eigenvalue weighted by atomic mass is 9.98. The molecule has 0 aliphatic heterocycles. The van der Waals surface area contributed by atoms with E-state index in [1.54, 1.807) is 25.3 Å². The minimum atomic E-state index is -0.434. The number of non-ortho nitro benzene ring substituents is 1. The molecule has 0 heterocycles. The van der Waals surface area contributed by atoms with E-state index < -0.39 is 4.92 Å². The van der Waals surface area contributed by atoms with E-state index in [4.69, 9.17) is 9.47 Å². The monoisotopic (exact) mass is 476 g/mol. The van der Waals surface area contributed by atoms with Gasteiger partial charge in [-0.1, -0.05) is 54.6 Å². The van der Waals surface area contributed by atoms with Crippen molar-refractivity contribution in [2.75, 3.05) is 7.11 Å². The second-order valence-corrected chi connectivity index (χ2v) is 8.15. The summed E-state index contributed by atoms with van der Waals surface area (Å²) in [4.78, 5) is 10.7. The largest absolute Gasteiger partial charge is 0.493 e. The molecular weight excluding hydrogens is 452 g/mol. The Kier molecular flexibility index (Phi) is 7.42. The molecule has 0 bridgehead atoms. The van der Waals surface area contributed by atoms with Crippen LogP contribution in [0.2, 0.25) is 0 Å². The molecule has 0 spiro atoms. The SMILES string of the molecule is C=CCc1cc(/C=C(/C#N)c2ccc3ccccc3c2)cc(OC)c1OCc1cccc([N+](=O)[O-])c1. The van der Waals surface area contributed by atoms with Crippen molar-refractivity contribution >= 4 is 28.1 Å². The zero-order valence-corrected chi connectivity index (χ0v) is 19.8. The molecule has 4 aromatic rings. The number of hydrogen-bond acceptors (Lipinski definition) is 5. The lowest BCUT2D eigenvalue weighted by Crippen LogP contribution is -2.02. The van der Waals surface area contributed by atoms with Gasteiger partial charge in [0.1, 0.15) is 6.61 Å². The van der Waals surface area contributed by atoms with E-state index in [-0.39, 0.29) is 12.3 Å². The average Bonchev–Trinajstić information content (AvgIpc) is 2.90. The average molecular weight is 477 g/mol. The van der Waals surface area contributed by atoms with Gasteiger partial charge in [-0.2, -0.15) is 5.26 Å². The number of benzene rings is 4. The van der Waals surface area contributed by atoms with Crippen LogP contribution in [0.25, 0.3) is 22.4 Å². The predicted octanol–water partition coefficient (Wildman–Crippen LogP) is 7.13. The number of methoxy groups -OCH3 is 1. The first-order valence-electron chi connectivity index (χ1n) is 11.3. The maximum atomic E-state index is 11.1. The van der Waals surface area contributed by atoms with Crippen LogP contribution in [0.4, 0.5) is 5.69 Å². The number of nitro benzene ring substituents is 1. The second kappa shape index (κ2) is 11.0. The van der Waals surface area contributed by atoms with Gasteiger partial charge in [0.25, 0.3) is 5.69 Å². The first kappa shape index (κ1) is 24.2. The van der Waals surface area contributed by atoms with Gasteiger partial charge in [0.2, 0.25) is 0 Å². The molecule has 0 saturated carbocycles. The quantitative estimate of drug-likeness (QED) is 0.0843. The van der Waals surface area contributed by atoms with Crippen molar-refractivity contribution in [3.8, 4) is 17.6 Å². The Labute approximate surface area is 209 Å². The van der Waals surface area contributed by atoms with Crippen LogP contribution in [0.1, 0.15) is 22.3 Å². The van der Waals surface area contributed by atoms with E-state index in [1.165, 1.54) is 12.1 Å². The number of nitrogens with zero attached hydrogens (tertiary/aromatic N) is 2. The van der Waals surface area contributed by atoms with Gasteiger partial charge >= 0.3 is 0 Å². The Morgan fingerprint density at radius 1 is 1.06 bits per heavy atom. The zero-order valence-electron chi connectivity index (χ0n) is 19.8. The molecule has 0 aromatic heterocycles. The van der Waals surface area contributed by atoms with Crippen molar-refractivity contribution in [2.24, 2.45) is 0 Å². The number of nitriles is 1. The Morgan fingerprint density at radius 2 is 1.86 bits per heavy atom. The lowest BCUT2D eigenvalue weighted by Gasteiger charge is -2.16. The predicted molar refractivity (Wildman–Crippen MR) is 142 cm³/mol. The molecule has 6 heteroatoms. The summed E-state index contributed by atoms with van der Waals surface area (Å²) in [5.74, 6) is 1.03. The number of fused-ring (bicyclic) bond motifs is 1. The van der Waals surface area contributed by atoms with Crippen molar-refractivity contribution in [1.82, 2.24) is 0 Å². The van der Waals surface area contributed by atoms with Crippen LogP contribution in [-0.2, 0) is 13.0 Å². The molecule has 0 radical (unpaired) electrons. The summed E-state index contributed by atoms with van der Waals surface area (Å²) in [7, 11) is 1.55. The molecule has 0 amide bonds. The normalized spacial score (nSPS) is 11.1. The third-order valence-corrected chi connectivity index (χ3v) is 5.73. The molecule has 6 nitrogen and oxygen atoms in total. The summed E-state index contributed by atoms with van der Waals surface area (Å²) in [5.41, 5.74) is 3.65.